The second-order valence-corrected chi connectivity index (χ2v) is 34.4. The number of carbonyl (C=O) groups is 4. The minimum atomic E-state index is -0.523. The molecule has 8 aliphatic heterocycles. The maximum Gasteiger partial charge on any atom is 0.494 e. The van der Waals surface area contributed by atoms with E-state index >= 15 is 0 Å². The first kappa shape index (κ1) is 77.1. The molecule has 112 heavy (non-hydrogen) atoms. The molecule has 0 unspecified atom stereocenters. The first-order valence-electron chi connectivity index (χ1n) is 39.5. The number of rotatable bonds is 12. The van der Waals surface area contributed by atoms with Crippen LogP contribution >= 0.6 is 15.9 Å². The van der Waals surface area contributed by atoms with Gasteiger partial charge >= 0.3 is 31.5 Å². The van der Waals surface area contributed by atoms with Crippen molar-refractivity contribution in [2.24, 2.45) is 15.0 Å². The van der Waals surface area contributed by atoms with Gasteiger partial charge in [0, 0.05) is 79.4 Å². The van der Waals surface area contributed by atoms with Crippen LogP contribution in [0.4, 0.5) is 24.9 Å². The van der Waals surface area contributed by atoms with E-state index in [4.69, 9.17) is 48.2 Å². The lowest BCUT2D eigenvalue weighted by molar-refractivity contribution is 0.00578. The summed E-state index contributed by atoms with van der Waals surface area (Å²) >= 11 is 3.51. The molecule has 17 rings (SSSR count). The molecule has 4 atom stereocenters. The molecular formula is C91H99BBrN9O10. The van der Waals surface area contributed by atoms with Gasteiger partial charge in [-0.25, -0.2) is 24.2 Å². The van der Waals surface area contributed by atoms with E-state index < -0.39 is 11.2 Å². The van der Waals surface area contributed by atoms with Gasteiger partial charge in [0.1, 0.15) is 30.2 Å². The van der Waals surface area contributed by atoms with E-state index in [9.17, 15) is 19.2 Å². The van der Waals surface area contributed by atoms with E-state index in [1.165, 1.54) is 16.5 Å². The number of amides is 4. The molecule has 8 aromatic carbocycles. The summed E-state index contributed by atoms with van der Waals surface area (Å²) in [5, 5.41) is 4.63. The molecular weight excluding hydrogens is 1470 g/mol. The van der Waals surface area contributed by atoms with Crippen LogP contribution in [0, 0.1) is 0 Å². The van der Waals surface area contributed by atoms with Crippen LogP contribution < -0.4 is 5.46 Å². The van der Waals surface area contributed by atoms with Crippen molar-refractivity contribution < 1.29 is 47.4 Å². The zero-order valence-corrected chi connectivity index (χ0v) is 67.4. The van der Waals surface area contributed by atoms with Crippen LogP contribution in [0.25, 0.3) is 54.9 Å². The van der Waals surface area contributed by atoms with E-state index in [1.54, 1.807) is 4.90 Å². The van der Waals surface area contributed by atoms with E-state index in [0.717, 1.165) is 188 Å². The minimum Gasteiger partial charge on any atom is -0.445 e. The smallest absolute Gasteiger partial charge is 0.445 e. The lowest BCUT2D eigenvalue weighted by Crippen LogP contribution is -2.43. The number of hydrogen-bond acceptors (Lipinski definition) is 14. The maximum atomic E-state index is 13.0. The normalized spacial score (nSPS) is 20.4. The van der Waals surface area contributed by atoms with Gasteiger partial charge in [-0.3, -0.25) is 34.6 Å². The van der Waals surface area contributed by atoms with Gasteiger partial charge in [-0.1, -0.05) is 137 Å². The van der Waals surface area contributed by atoms with Crippen LogP contribution in [0.2, 0.25) is 0 Å². The van der Waals surface area contributed by atoms with Gasteiger partial charge in [0.2, 0.25) is 0 Å². The molecule has 9 aromatic rings. The largest absolute Gasteiger partial charge is 0.494 e. The molecule has 0 aliphatic carbocycles. The summed E-state index contributed by atoms with van der Waals surface area (Å²) in [4.78, 5) is 81.2. The minimum absolute atomic E-state index is 0.0107. The van der Waals surface area contributed by atoms with E-state index in [1.807, 2.05) is 148 Å². The molecule has 19 nitrogen and oxygen atoms in total. The van der Waals surface area contributed by atoms with Crippen LogP contribution in [0.5, 0.6) is 0 Å². The van der Waals surface area contributed by atoms with Crippen molar-refractivity contribution in [2.75, 3.05) is 26.2 Å². The van der Waals surface area contributed by atoms with Crippen LogP contribution in [-0.4, -0.2) is 145 Å². The van der Waals surface area contributed by atoms with Gasteiger partial charge in [-0.05, 0) is 246 Å². The quantitative estimate of drug-likeness (QED) is 0.0900. The molecule has 8 aliphatic rings. The van der Waals surface area contributed by atoms with Crippen LogP contribution in [0.15, 0.2) is 202 Å². The first-order valence-corrected chi connectivity index (χ1v) is 40.3. The van der Waals surface area contributed by atoms with Crippen molar-refractivity contribution in [1.29, 1.82) is 0 Å². The predicted molar refractivity (Wildman–Crippen MR) is 447 cm³/mol. The number of halogens is 1. The number of H-pyrrole nitrogens is 1. The van der Waals surface area contributed by atoms with E-state index in [0.29, 0.717) is 19.7 Å². The molecule has 1 N–H and O–H groups in total. The number of benzene rings is 8. The topological polar surface area (TPSA) is 202 Å². The van der Waals surface area contributed by atoms with Gasteiger partial charge < -0.3 is 33.2 Å². The van der Waals surface area contributed by atoms with E-state index in [2.05, 4.69) is 140 Å². The predicted octanol–water partition coefficient (Wildman–Crippen LogP) is 20.0. The van der Waals surface area contributed by atoms with Crippen molar-refractivity contribution in [2.45, 2.75) is 200 Å². The fourth-order valence-corrected chi connectivity index (χ4v) is 16.5. The number of ether oxygens (including phenoxy) is 4. The van der Waals surface area contributed by atoms with E-state index in [-0.39, 0.29) is 73.5 Å². The number of aromatic amines is 1. The zero-order valence-electron chi connectivity index (χ0n) is 65.8. The summed E-state index contributed by atoms with van der Waals surface area (Å²) in [6.07, 6.45) is 12.6. The molecule has 0 bridgehead atoms. The third kappa shape index (κ3) is 17.4. The Labute approximate surface area is 664 Å². The highest BCUT2D eigenvalue weighted by Gasteiger charge is 2.52. The SMILES string of the molecule is CC(C)(C)OC(=O)N1CCC[C@H]1C1=NC=C(c2ccc3cc(-c4ccc5nc([C@@H]6CCCN6C(=O)OCc6ccccc6)[nH]c5c4)ccc3c2)C1.CC(C)(C)OC(=O)N1CCC[C@H]1C1=NC=C(c2ccc3cc(B4OC(C)(C)C(C)(C)O4)ccc3c2)C1.O=C(OCc1ccccc1)N1CCC[C@H]1C1=Nc2ccc(Br)cc2C1. The number of allylic oxidation sites excluding steroid dienone is 2. The molecule has 9 heterocycles. The van der Waals surface area contributed by atoms with Gasteiger partial charge in [0.25, 0.3) is 0 Å². The van der Waals surface area contributed by atoms with Crippen LogP contribution in [0.3, 0.4) is 0 Å². The highest BCUT2D eigenvalue weighted by atomic mass is 79.9. The molecule has 5 fully saturated rings. The lowest BCUT2D eigenvalue weighted by atomic mass is 9.78. The number of likely N-dealkylation sites (tertiary alicyclic amines) is 4. The van der Waals surface area contributed by atoms with Crippen LogP contribution in [-0.2, 0) is 47.9 Å². The number of carbonyl (C=O) groups excluding carboxylic acids is 4. The van der Waals surface area contributed by atoms with Gasteiger partial charge in [-0.15, -0.1) is 0 Å². The Bertz CT molecular complexity index is 5220. The van der Waals surface area contributed by atoms with Crippen molar-refractivity contribution in [3.8, 4) is 11.1 Å². The number of hydrogen-bond donors (Lipinski definition) is 1. The monoisotopic (exact) mass is 1570 g/mol. The van der Waals surface area contributed by atoms with Gasteiger partial charge in [-0.2, -0.15) is 0 Å². The average Bonchev–Trinajstić information content (AvgIpc) is 1.55. The Morgan fingerprint density at radius 2 is 0.929 bits per heavy atom. The summed E-state index contributed by atoms with van der Waals surface area (Å²) in [6, 6.07) is 57.9. The molecule has 1 aromatic heterocycles. The molecule has 0 saturated carbocycles. The summed E-state index contributed by atoms with van der Waals surface area (Å²) in [7, 11) is -0.369. The summed E-state index contributed by atoms with van der Waals surface area (Å²) in [6.45, 7) is 23.1. The summed E-state index contributed by atoms with van der Waals surface area (Å²) < 4.78 is 36.0. The Morgan fingerprint density at radius 1 is 0.491 bits per heavy atom. The molecule has 4 amide bonds. The Balaban J connectivity index is 0.000000142. The zero-order chi connectivity index (χ0) is 78.2. The van der Waals surface area contributed by atoms with Gasteiger partial charge in [0.15, 0.2) is 0 Å². The summed E-state index contributed by atoms with van der Waals surface area (Å²) in [5.41, 5.74) is 15.3. The molecule has 0 spiro atoms. The Morgan fingerprint density at radius 3 is 1.45 bits per heavy atom. The average molecular weight is 1570 g/mol. The molecule has 0 radical (unpaired) electrons. The van der Waals surface area contributed by atoms with Crippen molar-refractivity contribution in [1.82, 2.24) is 29.6 Å². The number of fused-ring (bicyclic) bond motifs is 4. The second-order valence-electron chi connectivity index (χ2n) is 33.4. The van der Waals surface area contributed by atoms with Gasteiger partial charge in [0.05, 0.1) is 52.1 Å². The van der Waals surface area contributed by atoms with Crippen molar-refractivity contribution >= 4 is 119 Å². The third-order valence-electron chi connectivity index (χ3n) is 22.6. The highest BCUT2D eigenvalue weighted by Crippen LogP contribution is 2.41. The maximum absolute atomic E-state index is 13.0. The number of nitrogens with zero attached hydrogens (tertiary/aromatic N) is 8. The standard InChI is InChI=1S/C42H43N5O4.C29H37BN2O4.C20H19BrN2O2/c1-42(2,3)51-41(49)46-19-7-11-37(46)36-24-33(25-43-36)31-16-15-28-21-30(14-13-29(28)22-31)32-17-18-34-35(23-32)45-39(44-34)38-12-8-20-47(38)40(48)50-26-27-9-5-4-6-10-27;1-27(2,3)34-26(33)32-14-8-9-25(32)24-17-22(18-31-24)20-10-11-21-16-23(13-12-19(21)15-20)30-35-28(4,5)29(6,7)36-30;21-16-8-9-17-15(11-16)12-18(22-17)19-7-4-10-23(19)20(24)25-13-14-5-2-1-3-6-14/h4-6,9-10,13-18,21-23,25,37-38H,7-8,11-12,19-20,24,26H2,1-3H3,(H,44,45);10-13,15-16,18,25H,8-9,14,17H2,1-7H3;1-3,5-6,8-9,11,19H,4,7,10,12-13H2/t37-,38-;25-;19-/m000/s1. The third-order valence-corrected chi connectivity index (χ3v) is 23.1. The fourth-order valence-electron chi connectivity index (χ4n) is 16.1. The molecule has 21 heteroatoms. The van der Waals surface area contributed by atoms with Crippen molar-refractivity contribution in [3.05, 3.63) is 220 Å². The fraction of sp³-hybridized carbons (Fsp3) is 0.385. The lowest BCUT2D eigenvalue weighted by Gasteiger charge is -2.32. The van der Waals surface area contributed by atoms with Crippen LogP contribution in [0.1, 0.15) is 173 Å². The first-order chi connectivity index (χ1) is 53.7. The van der Waals surface area contributed by atoms with Crippen molar-refractivity contribution in [3.63, 3.8) is 0 Å². The molecule has 578 valence electrons. The number of imidazole rings is 1. The number of nitrogens with one attached hydrogen (secondary N) is 1. The number of aromatic nitrogens is 2. The Kier molecular flexibility index (Phi) is 22.1. The Hall–Kier alpha value is -10.2. The molecule has 5 saturated heterocycles. The second kappa shape index (κ2) is 32.1. The number of aliphatic imine (C=N–C) groups is 3. The highest BCUT2D eigenvalue weighted by molar-refractivity contribution is 9.10. The summed E-state index contributed by atoms with van der Waals surface area (Å²) in [5.74, 6) is 0.793.